The van der Waals surface area contributed by atoms with Gasteiger partial charge in [0, 0.05) is 34.3 Å². The van der Waals surface area contributed by atoms with Crippen LogP contribution in [0.25, 0.3) is 21.5 Å². The fourth-order valence-corrected chi connectivity index (χ4v) is 4.85. The summed E-state index contributed by atoms with van der Waals surface area (Å²) in [6, 6.07) is 13.2. The molecule has 8 heteroatoms. The number of carbonyl (C=O) groups excluding carboxylic acids is 1. The van der Waals surface area contributed by atoms with E-state index in [9.17, 15) is 18.0 Å². The number of aromatic nitrogens is 2. The average Bonchev–Trinajstić information content (AvgIpc) is 3.28. The van der Waals surface area contributed by atoms with Gasteiger partial charge in [-0.15, -0.1) is 11.3 Å². The van der Waals surface area contributed by atoms with E-state index < -0.39 is 17.7 Å². The van der Waals surface area contributed by atoms with Crippen molar-refractivity contribution in [3.63, 3.8) is 0 Å². The van der Waals surface area contributed by atoms with Crippen molar-refractivity contribution in [2.24, 2.45) is 7.05 Å². The van der Waals surface area contributed by atoms with Crippen LogP contribution in [0.3, 0.4) is 0 Å². The topological polar surface area (TPSA) is 44.1 Å². The van der Waals surface area contributed by atoms with Crippen molar-refractivity contribution in [2.45, 2.75) is 26.4 Å². The molecule has 0 saturated carbocycles. The first kappa shape index (κ1) is 22.1. The highest BCUT2D eigenvalue weighted by molar-refractivity contribution is 7.19. The molecule has 0 radical (unpaired) electrons. The number of ether oxygens (including phenoxy) is 1. The molecule has 0 fully saturated rings. The SMILES string of the molecule is CCOC(=O)c1nc(-c2cccc3cc(Cc4cccc(C(F)(F)F)c4)sc23)n(C)c1C. The Morgan fingerprint density at radius 2 is 1.91 bits per heavy atom. The Labute approximate surface area is 187 Å². The van der Waals surface area contributed by atoms with Gasteiger partial charge in [0.1, 0.15) is 5.82 Å². The van der Waals surface area contributed by atoms with Gasteiger partial charge >= 0.3 is 12.1 Å². The van der Waals surface area contributed by atoms with E-state index in [2.05, 4.69) is 4.98 Å². The van der Waals surface area contributed by atoms with Crippen molar-refractivity contribution < 1.29 is 22.7 Å². The summed E-state index contributed by atoms with van der Waals surface area (Å²) in [6.07, 6.45) is -3.97. The van der Waals surface area contributed by atoms with Gasteiger partial charge in [0.25, 0.3) is 0 Å². The second-order valence-corrected chi connectivity index (χ2v) is 8.60. The highest BCUT2D eigenvalue weighted by Gasteiger charge is 2.30. The first-order chi connectivity index (χ1) is 15.2. The van der Waals surface area contributed by atoms with E-state index in [1.807, 2.05) is 42.8 Å². The summed E-state index contributed by atoms with van der Waals surface area (Å²) in [7, 11) is 1.84. The van der Waals surface area contributed by atoms with Gasteiger partial charge < -0.3 is 9.30 Å². The molecule has 0 spiro atoms. The third-order valence-corrected chi connectivity index (χ3v) is 6.50. The molecule has 4 aromatic rings. The molecule has 0 saturated heterocycles. The fraction of sp³-hybridized carbons (Fsp3) is 0.250. The quantitative estimate of drug-likeness (QED) is 0.325. The molecule has 0 unspecified atom stereocenters. The first-order valence-electron chi connectivity index (χ1n) is 10.1. The summed E-state index contributed by atoms with van der Waals surface area (Å²) in [5.41, 5.74) is 1.80. The number of alkyl halides is 3. The Bertz CT molecular complexity index is 1300. The van der Waals surface area contributed by atoms with Gasteiger partial charge in [-0.25, -0.2) is 9.78 Å². The fourth-order valence-electron chi connectivity index (χ4n) is 3.65. The number of hydrogen-bond acceptors (Lipinski definition) is 4. The van der Waals surface area contributed by atoms with Crippen molar-refractivity contribution in [1.82, 2.24) is 9.55 Å². The number of halogens is 3. The lowest BCUT2D eigenvalue weighted by Crippen LogP contribution is -2.07. The van der Waals surface area contributed by atoms with Crippen molar-refractivity contribution in [3.05, 3.63) is 75.9 Å². The van der Waals surface area contributed by atoms with E-state index in [1.54, 1.807) is 13.0 Å². The minimum absolute atomic E-state index is 0.267. The number of hydrogen-bond donors (Lipinski definition) is 0. The molecule has 0 N–H and O–H groups in total. The summed E-state index contributed by atoms with van der Waals surface area (Å²) < 4.78 is 47.1. The number of nitrogens with zero attached hydrogens (tertiary/aromatic N) is 2. The standard InChI is InChI=1S/C24H21F3N2O2S/c1-4-31-23(30)20-14(2)29(3)22(28-20)19-10-6-8-16-13-18(32-21(16)19)12-15-7-5-9-17(11-15)24(25,26)27/h5-11,13H,4,12H2,1-3H3. The predicted octanol–water partition coefficient (Wildman–Crippen LogP) is 6.40. The van der Waals surface area contributed by atoms with Crippen LogP contribution < -0.4 is 0 Å². The van der Waals surface area contributed by atoms with Gasteiger partial charge in [0.15, 0.2) is 5.69 Å². The normalized spacial score (nSPS) is 11.8. The molecule has 0 amide bonds. The Kier molecular flexibility index (Phi) is 5.81. The van der Waals surface area contributed by atoms with Crippen LogP contribution >= 0.6 is 11.3 Å². The Morgan fingerprint density at radius 3 is 2.62 bits per heavy atom. The number of carbonyl (C=O) groups is 1. The van der Waals surface area contributed by atoms with Gasteiger partial charge in [0.2, 0.25) is 0 Å². The van der Waals surface area contributed by atoms with Crippen LogP contribution in [0.1, 0.15) is 39.1 Å². The Hall–Kier alpha value is -3.13. The van der Waals surface area contributed by atoms with Crippen LogP contribution in [-0.4, -0.2) is 22.1 Å². The molecule has 32 heavy (non-hydrogen) atoms. The van der Waals surface area contributed by atoms with E-state index in [0.717, 1.165) is 26.6 Å². The van der Waals surface area contributed by atoms with E-state index in [0.29, 0.717) is 23.5 Å². The maximum atomic E-state index is 13.1. The molecule has 0 aliphatic carbocycles. The van der Waals surface area contributed by atoms with Gasteiger partial charge in [-0.2, -0.15) is 13.2 Å². The van der Waals surface area contributed by atoms with Crippen LogP contribution in [0.2, 0.25) is 0 Å². The molecule has 4 rings (SSSR count). The smallest absolute Gasteiger partial charge is 0.416 e. The molecule has 0 bridgehead atoms. The third-order valence-electron chi connectivity index (χ3n) is 5.32. The number of benzene rings is 2. The zero-order valence-corrected chi connectivity index (χ0v) is 18.6. The van der Waals surface area contributed by atoms with Crippen LogP contribution in [0, 0.1) is 6.92 Å². The maximum absolute atomic E-state index is 13.1. The lowest BCUT2D eigenvalue weighted by Gasteiger charge is -2.08. The van der Waals surface area contributed by atoms with Gasteiger partial charge in [-0.3, -0.25) is 0 Å². The molecule has 4 nitrogen and oxygen atoms in total. The van der Waals surface area contributed by atoms with Crippen molar-refractivity contribution >= 4 is 27.4 Å². The summed E-state index contributed by atoms with van der Waals surface area (Å²) in [6.45, 7) is 3.83. The van der Waals surface area contributed by atoms with Crippen LogP contribution in [0.15, 0.2) is 48.5 Å². The van der Waals surface area contributed by atoms with E-state index in [4.69, 9.17) is 4.74 Å². The minimum atomic E-state index is -4.37. The molecule has 0 aliphatic heterocycles. The molecule has 2 aromatic heterocycles. The molecule has 0 atom stereocenters. The largest absolute Gasteiger partial charge is 0.461 e. The predicted molar refractivity (Wildman–Crippen MR) is 119 cm³/mol. The van der Waals surface area contributed by atoms with E-state index >= 15 is 0 Å². The number of esters is 1. The lowest BCUT2D eigenvalue weighted by atomic mass is 10.1. The van der Waals surface area contributed by atoms with E-state index in [-0.39, 0.29) is 12.3 Å². The van der Waals surface area contributed by atoms with Crippen LogP contribution in [0.4, 0.5) is 13.2 Å². The Balaban J connectivity index is 1.73. The zero-order chi connectivity index (χ0) is 23.0. The Morgan fingerprint density at radius 1 is 1.16 bits per heavy atom. The summed E-state index contributed by atoms with van der Waals surface area (Å²) >= 11 is 1.52. The highest BCUT2D eigenvalue weighted by atomic mass is 32.1. The zero-order valence-electron chi connectivity index (χ0n) is 17.8. The van der Waals surface area contributed by atoms with Crippen LogP contribution in [0.5, 0.6) is 0 Å². The number of thiophene rings is 1. The maximum Gasteiger partial charge on any atom is 0.416 e. The second kappa shape index (κ2) is 8.43. The minimum Gasteiger partial charge on any atom is -0.461 e. The first-order valence-corrected chi connectivity index (χ1v) is 10.9. The average molecular weight is 459 g/mol. The van der Waals surface area contributed by atoms with Crippen molar-refractivity contribution in [1.29, 1.82) is 0 Å². The lowest BCUT2D eigenvalue weighted by molar-refractivity contribution is -0.137. The third kappa shape index (κ3) is 4.14. The molecule has 2 heterocycles. The molecule has 166 valence electrons. The summed E-state index contributed by atoms with van der Waals surface area (Å²) in [4.78, 5) is 17.8. The molecular weight excluding hydrogens is 437 g/mol. The van der Waals surface area contributed by atoms with E-state index in [1.165, 1.54) is 23.5 Å². The molecule has 0 aliphatic rings. The van der Waals surface area contributed by atoms with Gasteiger partial charge in [-0.1, -0.05) is 30.3 Å². The second-order valence-electron chi connectivity index (χ2n) is 7.46. The van der Waals surface area contributed by atoms with Crippen LogP contribution in [-0.2, 0) is 24.4 Å². The number of rotatable bonds is 5. The molecule has 2 aromatic carbocycles. The number of imidazole rings is 1. The number of fused-ring (bicyclic) bond motifs is 1. The summed E-state index contributed by atoms with van der Waals surface area (Å²) in [5, 5.41) is 0.979. The van der Waals surface area contributed by atoms with Crippen molar-refractivity contribution in [3.8, 4) is 11.4 Å². The van der Waals surface area contributed by atoms with Gasteiger partial charge in [-0.05, 0) is 43.0 Å². The highest BCUT2D eigenvalue weighted by Crippen LogP contribution is 2.36. The summed E-state index contributed by atoms with van der Waals surface area (Å²) in [5.74, 6) is 0.180. The van der Waals surface area contributed by atoms with Gasteiger partial charge in [0.05, 0.1) is 12.2 Å². The monoisotopic (exact) mass is 458 g/mol. The molecular formula is C24H21F3N2O2S. The van der Waals surface area contributed by atoms with Crippen molar-refractivity contribution in [2.75, 3.05) is 6.61 Å².